The van der Waals surface area contributed by atoms with Crippen molar-refractivity contribution in [3.63, 3.8) is 0 Å². The Balaban J connectivity index is 0.00000450. The molecule has 0 aliphatic heterocycles. The van der Waals surface area contributed by atoms with E-state index < -0.39 is 0 Å². The third kappa shape index (κ3) is 7.10. The lowest BCUT2D eigenvalue weighted by Crippen LogP contribution is -3.00. The van der Waals surface area contributed by atoms with Crippen molar-refractivity contribution in [1.29, 1.82) is 0 Å². The average molecular weight is 446 g/mol. The topological polar surface area (TPSA) is 35.5 Å². The number of ether oxygens (including phenoxy) is 2. The van der Waals surface area contributed by atoms with E-state index in [1.165, 1.54) is 57.8 Å². The molecule has 30 heavy (non-hydrogen) atoms. The number of carbonyl (C=O) groups is 1. The molecule has 0 radical (unpaired) electrons. The molecule has 0 aromatic rings. The lowest BCUT2D eigenvalue weighted by Gasteiger charge is -2.39. The van der Waals surface area contributed by atoms with Gasteiger partial charge in [-0.2, -0.15) is 0 Å². The molecule has 0 N–H and O–H groups in total. The second-order valence-electron chi connectivity index (χ2n) is 11.1. The smallest absolute Gasteiger partial charge is 0.361 e. The molecular formula is C25H48ClNO3. The third-order valence-electron chi connectivity index (χ3n) is 8.30. The summed E-state index contributed by atoms with van der Waals surface area (Å²) in [5.41, 5.74) is 0.701. The van der Waals surface area contributed by atoms with Crippen molar-refractivity contribution in [1.82, 2.24) is 0 Å². The molecule has 0 aromatic heterocycles. The Morgan fingerprint density at radius 2 is 1.63 bits per heavy atom. The third-order valence-corrected chi connectivity index (χ3v) is 8.30. The fourth-order valence-electron chi connectivity index (χ4n) is 5.54. The Bertz CT molecular complexity index is 523. The van der Waals surface area contributed by atoms with Crippen molar-refractivity contribution in [3.8, 4) is 0 Å². The minimum Gasteiger partial charge on any atom is -1.00 e. The predicted molar refractivity (Wildman–Crippen MR) is 120 cm³/mol. The van der Waals surface area contributed by atoms with E-state index in [1.807, 2.05) is 0 Å². The van der Waals surface area contributed by atoms with Crippen LogP contribution in [0.3, 0.4) is 0 Å². The van der Waals surface area contributed by atoms with Gasteiger partial charge in [-0.3, -0.25) is 0 Å². The molecule has 0 saturated heterocycles. The molecule has 178 valence electrons. The zero-order valence-corrected chi connectivity index (χ0v) is 21.4. The molecule has 3 atom stereocenters. The largest absolute Gasteiger partial charge is 1.00 e. The Kier molecular flexibility index (Phi) is 11.1. The van der Waals surface area contributed by atoms with Gasteiger partial charge in [0, 0.05) is 0 Å². The summed E-state index contributed by atoms with van der Waals surface area (Å²) in [6.07, 6.45) is 12.9. The van der Waals surface area contributed by atoms with Crippen molar-refractivity contribution in [2.45, 2.75) is 98.0 Å². The van der Waals surface area contributed by atoms with Crippen molar-refractivity contribution in [2.75, 3.05) is 40.4 Å². The quantitative estimate of drug-likeness (QED) is 0.234. The summed E-state index contributed by atoms with van der Waals surface area (Å²) in [5.74, 6) is 0.732. The average Bonchev–Trinajstić information content (AvgIpc) is 2.97. The molecule has 0 spiro atoms. The summed E-state index contributed by atoms with van der Waals surface area (Å²) in [5, 5.41) is 0. The lowest BCUT2D eigenvalue weighted by atomic mass is 9.70. The number of hydrogen-bond acceptors (Lipinski definition) is 3. The highest BCUT2D eigenvalue weighted by molar-refractivity contribution is 5.70. The summed E-state index contributed by atoms with van der Waals surface area (Å²) in [6, 6.07) is 0. The Labute approximate surface area is 192 Å². The van der Waals surface area contributed by atoms with Crippen LogP contribution in [0.2, 0.25) is 0 Å². The first-order valence-corrected chi connectivity index (χ1v) is 12.2. The van der Waals surface area contributed by atoms with Crippen LogP contribution in [0.5, 0.6) is 0 Å². The fourth-order valence-corrected chi connectivity index (χ4v) is 5.54. The molecule has 0 aromatic carbocycles. The number of unbranched alkanes of at least 4 members (excludes halogenated alkanes) is 6. The Hall–Kier alpha value is -0.320. The van der Waals surface area contributed by atoms with Crippen LogP contribution in [-0.2, 0) is 14.3 Å². The number of carbonyl (C=O) groups excluding carboxylic acids is 1. The maximum Gasteiger partial charge on any atom is 0.361 e. The van der Waals surface area contributed by atoms with Crippen molar-refractivity contribution in [3.05, 3.63) is 0 Å². The monoisotopic (exact) mass is 445 g/mol. The number of halogens is 1. The minimum absolute atomic E-state index is 0. The van der Waals surface area contributed by atoms with Crippen LogP contribution < -0.4 is 12.4 Å². The second-order valence-corrected chi connectivity index (χ2v) is 11.1. The summed E-state index contributed by atoms with van der Waals surface area (Å²) < 4.78 is 12.5. The van der Waals surface area contributed by atoms with E-state index in [1.54, 1.807) is 0 Å². The number of nitrogens with zero attached hydrogens (tertiary/aromatic N) is 1. The highest BCUT2D eigenvalue weighted by atomic mass is 35.5. The molecule has 5 heteroatoms. The number of esters is 1. The highest BCUT2D eigenvalue weighted by Crippen LogP contribution is 2.66. The number of fused-ring (bicyclic) bond motifs is 2. The van der Waals surface area contributed by atoms with Crippen LogP contribution in [0.25, 0.3) is 0 Å². The van der Waals surface area contributed by atoms with E-state index in [4.69, 9.17) is 9.47 Å². The van der Waals surface area contributed by atoms with E-state index in [2.05, 4.69) is 41.8 Å². The first kappa shape index (κ1) is 27.7. The molecule has 2 fully saturated rings. The van der Waals surface area contributed by atoms with Gasteiger partial charge >= 0.3 is 5.97 Å². The highest BCUT2D eigenvalue weighted by Gasteiger charge is 2.61. The van der Waals surface area contributed by atoms with Gasteiger partial charge in [0.1, 0.15) is 6.54 Å². The van der Waals surface area contributed by atoms with E-state index >= 15 is 0 Å². The first-order valence-electron chi connectivity index (χ1n) is 12.2. The lowest BCUT2D eigenvalue weighted by molar-refractivity contribution is -0.883. The van der Waals surface area contributed by atoms with Gasteiger partial charge in [0.15, 0.2) is 6.54 Å². The van der Waals surface area contributed by atoms with Crippen LogP contribution in [-0.4, -0.2) is 57.0 Å². The van der Waals surface area contributed by atoms with Crippen LogP contribution in [0, 0.1) is 16.7 Å². The molecule has 2 aliphatic carbocycles. The Morgan fingerprint density at radius 3 is 2.20 bits per heavy atom. The molecule has 4 nitrogen and oxygen atoms in total. The van der Waals surface area contributed by atoms with Crippen molar-refractivity contribution in [2.24, 2.45) is 16.7 Å². The van der Waals surface area contributed by atoms with Gasteiger partial charge < -0.3 is 26.4 Å². The SMILES string of the molecule is CCCCCCCCCOC(=O)C[N+](C)(C)CCOC1CC2CCC1(C)C2(C)C.[Cl-]. The molecule has 2 rings (SSSR count). The van der Waals surface area contributed by atoms with Crippen LogP contribution in [0.15, 0.2) is 0 Å². The van der Waals surface area contributed by atoms with Crippen LogP contribution in [0.1, 0.15) is 91.9 Å². The van der Waals surface area contributed by atoms with Gasteiger partial charge in [0.05, 0.1) is 33.4 Å². The molecule has 0 heterocycles. The van der Waals surface area contributed by atoms with E-state index in [9.17, 15) is 4.79 Å². The van der Waals surface area contributed by atoms with E-state index in [-0.39, 0.29) is 18.4 Å². The summed E-state index contributed by atoms with van der Waals surface area (Å²) in [4.78, 5) is 12.2. The zero-order chi connectivity index (χ0) is 21.5. The molecule has 2 saturated carbocycles. The van der Waals surface area contributed by atoms with Crippen molar-refractivity contribution >= 4 is 5.97 Å². The van der Waals surface area contributed by atoms with Gasteiger partial charge in [-0.25, -0.2) is 4.79 Å². The summed E-state index contributed by atoms with van der Waals surface area (Å²) in [7, 11) is 4.20. The number of hydrogen-bond donors (Lipinski definition) is 0. The van der Waals surface area contributed by atoms with Gasteiger partial charge in [-0.15, -0.1) is 0 Å². The summed E-state index contributed by atoms with van der Waals surface area (Å²) in [6.45, 7) is 12.1. The number of rotatable bonds is 14. The number of quaternary nitrogens is 1. The second kappa shape index (κ2) is 12.1. The van der Waals surface area contributed by atoms with Crippen LogP contribution >= 0.6 is 0 Å². The molecular weight excluding hydrogens is 398 g/mol. The van der Waals surface area contributed by atoms with Gasteiger partial charge in [0.2, 0.25) is 0 Å². The van der Waals surface area contributed by atoms with Crippen LogP contribution in [0.4, 0.5) is 0 Å². The summed E-state index contributed by atoms with van der Waals surface area (Å²) >= 11 is 0. The maximum absolute atomic E-state index is 12.2. The van der Waals surface area contributed by atoms with Gasteiger partial charge in [0.25, 0.3) is 0 Å². The van der Waals surface area contributed by atoms with Gasteiger partial charge in [-0.1, -0.05) is 66.2 Å². The van der Waals surface area contributed by atoms with Crippen molar-refractivity contribution < 1.29 is 31.2 Å². The maximum atomic E-state index is 12.2. The first-order chi connectivity index (χ1) is 13.6. The van der Waals surface area contributed by atoms with E-state index in [0.717, 1.165) is 25.5 Å². The standard InChI is InChI=1S/C25H48NO3.ClH/c1-7-8-9-10-11-12-13-17-29-23(27)20-26(5,6)16-18-28-22-19-21-14-15-25(22,4)24(21,2)3;/h21-22H,7-20H2,1-6H3;1H/q+1;/p-1. The Morgan fingerprint density at radius 1 is 1.00 bits per heavy atom. The van der Waals surface area contributed by atoms with Gasteiger partial charge in [-0.05, 0) is 42.4 Å². The molecule has 0 amide bonds. The molecule has 3 unspecified atom stereocenters. The normalized spacial score (nSPS) is 27.1. The fraction of sp³-hybridized carbons (Fsp3) is 0.960. The molecule has 2 bridgehead atoms. The molecule has 2 aliphatic rings. The van der Waals surface area contributed by atoms with E-state index in [0.29, 0.717) is 34.6 Å². The number of likely N-dealkylation sites (N-methyl/N-ethyl adjacent to an activating group) is 1. The minimum atomic E-state index is -0.0750. The predicted octanol–water partition coefficient (Wildman–Crippen LogP) is 2.59. The zero-order valence-electron chi connectivity index (χ0n) is 20.6.